The number of thiocarbonyl (C=S) groups is 1. The summed E-state index contributed by atoms with van der Waals surface area (Å²) in [7, 11) is 0. The molecule has 0 heterocycles. The van der Waals surface area contributed by atoms with Crippen LogP contribution in [0.3, 0.4) is 0 Å². The maximum absolute atomic E-state index is 8.97. The molecule has 4 heteroatoms. The molecule has 1 unspecified atom stereocenters. The van der Waals surface area contributed by atoms with E-state index in [1.165, 1.54) is 5.56 Å². The molecule has 18 heavy (non-hydrogen) atoms. The molecule has 3 N–H and O–H groups in total. The third-order valence-corrected chi connectivity index (χ3v) is 3.20. The van der Waals surface area contributed by atoms with Crippen LogP contribution in [0.1, 0.15) is 31.4 Å². The lowest BCUT2D eigenvalue weighted by molar-refractivity contribution is 0.185. The Balaban J connectivity index is 2.85. The molecule has 100 valence electrons. The van der Waals surface area contributed by atoms with Gasteiger partial charge in [-0.2, -0.15) is 0 Å². The molecule has 0 aromatic heterocycles. The van der Waals surface area contributed by atoms with Gasteiger partial charge in [0.1, 0.15) is 0 Å². The molecule has 1 rings (SSSR count). The van der Waals surface area contributed by atoms with Gasteiger partial charge in [-0.05, 0) is 18.5 Å². The predicted octanol–water partition coefficient (Wildman–Crippen LogP) is 2.11. The molecule has 3 nitrogen and oxygen atoms in total. The van der Waals surface area contributed by atoms with Crippen LogP contribution >= 0.6 is 12.2 Å². The number of hydrogen-bond donors (Lipinski definition) is 2. The summed E-state index contributed by atoms with van der Waals surface area (Å²) >= 11 is 5.05. The lowest BCUT2D eigenvalue weighted by Gasteiger charge is -2.30. The van der Waals surface area contributed by atoms with Crippen molar-refractivity contribution in [2.24, 2.45) is 5.73 Å². The molecule has 0 spiro atoms. The zero-order valence-electron chi connectivity index (χ0n) is 10.9. The Hall–Kier alpha value is -0.970. The Morgan fingerprint density at radius 2 is 2.06 bits per heavy atom. The Bertz CT molecular complexity index is 356. The van der Waals surface area contributed by atoms with E-state index in [9.17, 15) is 0 Å². The molecule has 0 saturated carbocycles. The standard InChI is InChI=1S/C14H22N2OS/c1-2-16(9-6-10-17)13(11-14(15)18)12-7-4-3-5-8-12/h3-5,7-8,13,17H,2,6,9-11H2,1H3,(H2,15,18). The Morgan fingerprint density at radius 1 is 1.39 bits per heavy atom. The average molecular weight is 266 g/mol. The van der Waals surface area contributed by atoms with Crippen molar-refractivity contribution < 1.29 is 5.11 Å². The lowest BCUT2D eigenvalue weighted by atomic mass is 10.0. The van der Waals surface area contributed by atoms with Crippen LogP contribution in [0, 0.1) is 0 Å². The molecule has 0 fully saturated rings. The van der Waals surface area contributed by atoms with E-state index in [0.29, 0.717) is 11.4 Å². The minimum Gasteiger partial charge on any atom is -0.396 e. The molecular formula is C14H22N2OS. The summed E-state index contributed by atoms with van der Waals surface area (Å²) in [5, 5.41) is 8.97. The van der Waals surface area contributed by atoms with Gasteiger partial charge in [-0.3, -0.25) is 4.90 Å². The van der Waals surface area contributed by atoms with Gasteiger partial charge in [0.25, 0.3) is 0 Å². The minimum absolute atomic E-state index is 0.209. The van der Waals surface area contributed by atoms with Gasteiger partial charge in [0.05, 0.1) is 4.99 Å². The maximum atomic E-state index is 8.97. The van der Waals surface area contributed by atoms with Crippen LogP contribution < -0.4 is 5.73 Å². The summed E-state index contributed by atoms with van der Waals surface area (Å²) < 4.78 is 0. The van der Waals surface area contributed by atoms with Gasteiger partial charge in [-0.1, -0.05) is 49.5 Å². The smallest absolute Gasteiger partial charge is 0.0746 e. The van der Waals surface area contributed by atoms with E-state index in [1.807, 2.05) is 18.2 Å². The monoisotopic (exact) mass is 266 g/mol. The highest BCUT2D eigenvalue weighted by Gasteiger charge is 2.19. The third-order valence-electron chi connectivity index (χ3n) is 3.03. The van der Waals surface area contributed by atoms with Crippen molar-refractivity contribution in [2.45, 2.75) is 25.8 Å². The highest BCUT2D eigenvalue weighted by Crippen LogP contribution is 2.24. The third kappa shape index (κ3) is 4.72. The normalized spacial score (nSPS) is 12.6. The van der Waals surface area contributed by atoms with Crippen molar-refractivity contribution in [3.63, 3.8) is 0 Å². The van der Waals surface area contributed by atoms with Gasteiger partial charge in [0, 0.05) is 25.6 Å². The number of benzene rings is 1. The number of aliphatic hydroxyl groups excluding tert-OH is 1. The van der Waals surface area contributed by atoms with Gasteiger partial charge in [-0.25, -0.2) is 0 Å². The largest absolute Gasteiger partial charge is 0.396 e. The van der Waals surface area contributed by atoms with E-state index in [2.05, 4.69) is 24.0 Å². The van der Waals surface area contributed by atoms with Crippen LogP contribution in [0.5, 0.6) is 0 Å². The van der Waals surface area contributed by atoms with Crippen LogP contribution in [-0.4, -0.2) is 34.7 Å². The lowest BCUT2D eigenvalue weighted by Crippen LogP contribution is -2.32. The summed E-state index contributed by atoms with van der Waals surface area (Å²) in [5.41, 5.74) is 6.93. The molecule has 1 atom stereocenters. The van der Waals surface area contributed by atoms with Crippen molar-refractivity contribution in [3.8, 4) is 0 Å². The van der Waals surface area contributed by atoms with E-state index in [1.54, 1.807) is 0 Å². The summed E-state index contributed by atoms with van der Waals surface area (Å²) in [6.07, 6.45) is 1.45. The van der Waals surface area contributed by atoms with Crippen LogP contribution in [0.2, 0.25) is 0 Å². The quantitative estimate of drug-likeness (QED) is 0.708. The fourth-order valence-corrected chi connectivity index (χ4v) is 2.29. The van der Waals surface area contributed by atoms with E-state index in [4.69, 9.17) is 23.1 Å². The number of nitrogens with two attached hydrogens (primary N) is 1. The van der Waals surface area contributed by atoms with Crippen LogP contribution in [-0.2, 0) is 0 Å². The number of hydrogen-bond acceptors (Lipinski definition) is 3. The van der Waals surface area contributed by atoms with E-state index < -0.39 is 0 Å². The topological polar surface area (TPSA) is 49.5 Å². The first-order valence-electron chi connectivity index (χ1n) is 6.37. The van der Waals surface area contributed by atoms with Crippen molar-refractivity contribution in [2.75, 3.05) is 19.7 Å². The van der Waals surface area contributed by atoms with Gasteiger partial charge in [-0.15, -0.1) is 0 Å². The Labute approximate surface area is 115 Å². The summed E-state index contributed by atoms with van der Waals surface area (Å²) in [5.74, 6) is 0. The van der Waals surface area contributed by atoms with Gasteiger partial charge in [0.2, 0.25) is 0 Å². The van der Waals surface area contributed by atoms with E-state index in [-0.39, 0.29) is 12.6 Å². The van der Waals surface area contributed by atoms with E-state index >= 15 is 0 Å². The van der Waals surface area contributed by atoms with Gasteiger partial charge in [0.15, 0.2) is 0 Å². The van der Waals surface area contributed by atoms with Crippen LogP contribution in [0.25, 0.3) is 0 Å². The highest BCUT2D eigenvalue weighted by atomic mass is 32.1. The van der Waals surface area contributed by atoms with Crippen molar-refractivity contribution in [1.82, 2.24) is 4.90 Å². The Morgan fingerprint density at radius 3 is 2.56 bits per heavy atom. The number of aliphatic hydroxyl groups is 1. The van der Waals surface area contributed by atoms with Crippen molar-refractivity contribution in [1.29, 1.82) is 0 Å². The fourth-order valence-electron chi connectivity index (χ4n) is 2.13. The molecule has 0 saturated heterocycles. The molecule has 0 aliphatic rings. The zero-order valence-corrected chi connectivity index (χ0v) is 11.7. The second-order valence-corrected chi connectivity index (χ2v) is 4.83. The van der Waals surface area contributed by atoms with Crippen LogP contribution in [0.15, 0.2) is 30.3 Å². The molecule has 1 aromatic carbocycles. The van der Waals surface area contributed by atoms with Gasteiger partial charge >= 0.3 is 0 Å². The molecule has 0 radical (unpaired) electrons. The predicted molar refractivity (Wildman–Crippen MR) is 79.5 cm³/mol. The molecule has 1 aromatic rings. The molecular weight excluding hydrogens is 244 g/mol. The van der Waals surface area contributed by atoms with Crippen LogP contribution in [0.4, 0.5) is 0 Å². The summed E-state index contributed by atoms with van der Waals surface area (Å²) in [4.78, 5) is 2.84. The van der Waals surface area contributed by atoms with E-state index in [0.717, 1.165) is 19.5 Å². The first kappa shape index (κ1) is 15.1. The molecule has 0 bridgehead atoms. The highest BCUT2D eigenvalue weighted by molar-refractivity contribution is 7.80. The second kappa shape index (κ2) is 8.19. The molecule has 0 amide bonds. The molecule has 0 aliphatic carbocycles. The maximum Gasteiger partial charge on any atom is 0.0746 e. The van der Waals surface area contributed by atoms with Crippen molar-refractivity contribution >= 4 is 17.2 Å². The summed E-state index contributed by atoms with van der Waals surface area (Å²) in [6.45, 7) is 4.11. The first-order valence-corrected chi connectivity index (χ1v) is 6.78. The van der Waals surface area contributed by atoms with Gasteiger partial charge < -0.3 is 10.8 Å². The second-order valence-electron chi connectivity index (χ2n) is 4.30. The molecule has 0 aliphatic heterocycles. The zero-order chi connectivity index (χ0) is 13.4. The summed E-state index contributed by atoms with van der Waals surface area (Å²) in [6, 6.07) is 10.5. The van der Waals surface area contributed by atoms with Crippen molar-refractivity contribution in [3.05, 3.63) is 35.9 Å². The Kier molecular flexibility index (Phi) is 6.86. The average Bonchev–Trinajstić information content (AvgIpc) is 2.39. The fraction of sp³-hybridized carbons (Fsp3) is 0.500. The number of nitrogens with zero attached hydrogens (tertiary/aromatic N) is 1. The minimum atomic E-state index is 0.209. The number of rotatable bonds is 8. The first-order chi connectivity index (χ1) is 8.69. The SMILES string of the molecule is CCN(CCCO)C(CC(N)=S)c1ccccc1.